The molecule has 0 saturated carbocycles. The molecule has 0 bridgehead atoms. The lowest BCUT2D eigenvalue weighted by Crippen LogP contribution is -2.28. The van der Waals surface area contributed by atoms with Crippen LogP contribution in [-0.4, -0.2) is 58.0 Å². The second kappa shape index (κ2) is 8.43. The van der Waals surface area contributed by atoms with Crippen LogP contribution in [0, 0.1) is 11.3 Å². The molecule has 2 aromatic carbocycles. The van der Waals surface area contributed by atoms with Crippen LogP contribution < -0.4 is 9.47 Å². The molecule has 0 aliphatic carbocycles. The third-order valence-electron chi connectivity index (χ3n) is 5.22. The minimum atomic E-state index is -0.358. The van der Waals surface area contributed by atoms with Gasteiger partial charge in [-0.1, -0.05) is 6.07 Å². The molecule has 2 heterocycles. The van der Waals surface area contributed by atoms with Crippen molar-refractivity contribution >= 4 is 16.9 Å². The van der Waals surface area contributed by atoms with Crippen LogP contribution in [0.25, 0.3) is 27.8 Å². The first kappa shape index (κ1) is 20.9. The highest BCUT2D eigenvalue weighted by Crippen LogP contribution is 2.34. The molecule has 9 heteroatoms. The summed E-state index contributed by atoms with van der Waals surface area (Å²) in [4.78, 5) is 18.7. The average molecular weight is 430 g/mol. The highest BCUT2D eigenvalue weighted by molar-refractivity contribution is 6.00. The monoisotopic (exact) mass is 430 g/mol. The molecule has 0 fully saturated rings. The van der Waals surface area contributed by atoms with Gasteiger partial charge in [-0.05, 0) is 17.7 Å². The van der Waals surface area contributed by atoms with E-state index >= 15 is 0 Å². The van der Waals surface area contributed by atoms with Crippen LogP contribution in [-0.2, 0) is 7.05 Å². The summed E-state index contributed by atoms with van der Waals surface area (Å²) < 4.78 is 14.7. The Hall–Kier alpha value is -4.32. The molecule has 0 spiro atoms. The van der Waals surface area contributed by atoms with Gasteiger partial charge in [0.25, 0.3) is 5.91 Å². The van der Waals surface area contributed by atoms with E-state index in [0.717, 1.165) is 27.8 Å². The predicted octanol–water partition coefficient (Wildman–Crippen LogP) is 3.04. The zero-order valence-corrected chi connectivity index (χ0v) is 18.2. The Bertz CT molecular complexity index is 1320. The topological polar surface area (TPSA) is 98.2 Å². The number of aryl methyl sites for hydroxylation is 1. The summed E-state index contributed by atoms with van der Waals surface area (Å²) in [7, 11) is 6.42. The number of nitrogens with zero attached hydrogens (tertiary/aromatic N) is 6. The van der Waals surface area contributed by atoms with Gasteiger partial charge in [-0.25, -0.2) is 4.98 Å². The molecule has 162 valence electrons. The number of methoxy groups -OCH3 is 2. The number of amides is 1. The van der Waals surface area contributed by atoms with Crippen LogP contribution in [0.15, 0.2) is 49.1 Å². The van der Waals surface area contributed by atoms with E-state index < -0.39 is 0 Å². The zero-order valence-electron chi connectivity index (χ0n) is 18.2. The van der Waals surface area contributed by atoms with Gasteiger partial charge in [0.2, 0.25) is 0 Å². The number of imidazole rings is 1. The Morgan fingerprint density at radius 3 is 2.47 bits per heavy atom. The molecule has 0 N–H and O–H groups in total. The number of rotatable bonds is 6. The van der Waals surface area contributed by atoms with Crippen LogP contribution in [0.3, 0.4) is 0 Å². The molecule has 4 rings (SSSR count). The lowest BCUT2D eigenvalue weighted by molar-refractivity contribution is 0.0805. The summed E-state index contributed by atoms with van der Waals surface area (Å²) >= 11 is 0. The summed E-state index contributed by atoms with van der Waals surface area (Å²) in [5.74, 6) is 0.342. The van der Waals surface area contributed by atoms with Crippen LogP contribution in [0.4, 0.5) is 0 Å². The third-order valence-corrected chi connectivity index (χ3v) is 5.22. The summed E-state index contributed by atoms with van der Waals surface area (Å²) in [6.07, 6.45) is 5.48. The van der Waals surface area contributed by atoms with Gasteiger partial charge in [0, 0.05) is 38.0 Å². The van der Waals surface area contributed by atoms with Crippen molar-refractivity contribution in [3.63, 3.8) is 0 Å². The summed E-state index contributed by atoms with van der Waals surface area (Å²) in [5, 5.41) is 13.2. The maximum Gasteiger partial charge on any atom is 0.262 e. The van der Waals surface area contributed by atoms with Crippen molar-refractivity contribution in [1.82, 2.24) is 24.2 Å². The van der Waals surface area contributed by atoms with Gasteiger partial charge in [0.05, 0.1) is 43.2 Å². The second-order valence-corrected chi connectivity index (χ2v) is 7.27. The standard InChI is InChI=1S/C23H22N6O3/c1-27(8-7-24)23(30)22-20(31-3)10-17(11-21(22)32-4)29-14-25-18-9-15(5-6-19(18)29)16-12-26-28(2)13-16/h5-6,9-14H,8H2,1-4H3. The molecule has 0 aliphatic heterocycles. The minimum absolute atomic E-state index is 0.0433. The Morgan fingerprint density at radius 1 is 1.16 bits per heavy atom. The molecule has 0 aliphatic rings. The smallest absolute Gasteiger partial charge is 0.262 e. The first-order valence-electron chi connectivity index (χ1n) is 9.81. The summed E-state index contributed by atoms with van der Waals surface area (Å²) in [6.45, 7) is -0.0433. The Balaban J connectivity index is 1.79. The number of carbonyl (C=O) groups excluding carboxylic acids is 1. The van der Waals surface area contributed by atoms with Gasteiger partial charge in [-0.3, -0.25) is 14.0 Å². The van der Waals surface area contributed by atoms with E-state index in [1.807, 2.05) is 48.3 Å². The number of ether oxygens (including phenoxy) is 2. The van der Waals surface area contributed by atoms with Gasteiger partial charge in [-0.15, -0.1) is 0 Å². The number of hydrogen-bond donors (Lipinski definition) is 0. The van der Waals surface area contributed by atoms with E-state index in [2.05, 4.69) is 10.1 Å². The van der Waals surface area contributed by atoms with Gasteiger partial charge in [0.1, 0.15) is 29.9 Å². The molecule has 4 aromatic rings. The van der Waals surface area contributed by atoms with E-state index in [4.69, 9.17) is 14.7 Å². The number of fused-ring (bicyclic) bond motifs is 1. The van der Waals surface area contributed by atoms with Crippen LogP contribution in [0.5, 0.6) is 11.5 Å². The van der Waals surface area contributed by atoms with E-state index in [9.17, 15) is 4.79 Å². The number of hydrogen-bond acceptors (Lipinski definition) is 6. The normalized spacial score (nSPS) is 10.7. The largest absolute Gasteiger partial charge is 0.496 e. The van der Waals surface area contributed by atoms with Crippen molar-refractivity contribution in [2.24, 2.45) is 7.05 Å². The minimum Gasteiger partial charge on any atom is -0.496 e. The molecule has 0 unspecified atom stereocenters. The SMILES string of the molecule is COc1cc(-n2cnc3cc(-c4cnn(C)c4)ccc32)cc(OC)c1C(=O)N(C)CC#N. The molecule has 0 saturated heterocycles. The first-order valence-corrected chi connectivity index (χ1v) is 9.81. The highest BCUT2D eigenvalue weighted by atomic mass is 16.5. The van der Waals surface area contributed by atoms with Crippen LogP contribution >= 0.6 is 0 Å². The Kier molecular flexibility index (Phi) is 5.52. The first-order chi connectivity index (χ1) is 15.5. The molecule has 0 radical (unpaired) electrons. The molecule has 1 amide bonds. The number of benzene rings is 2. The van der Waals surface area contributed by atoms with Crippen molar-refractivity contribution in [3.8, 4) is 34.4 Å². The fraction of sp³-hybridized carbons (Fsp3) is 0.217. The van der Waals surface area contributed by atoms with Crippen molar-refractivity contribution in [1.29, 1.82) is 5.26 Å². The van der Waals surface area contributed by atoms with Crippen LogP contribution in [0.1, 0.15) is 10.4 Å². The Morgan fingerprint density at radius 2 is 1.88 bits per heavy atom. The second-order valence-electron chi connectivity index (χ2n) is 7.27. The van der Waals surface area contributed by atoms with Crippen molar-refractivity contribution in [2.75, 3.05) is 27.8 Å². The summed E-state index contributed by atoms with van der Waals surface area (Å²) in [6, 6.07) is 11.5. The van der Waals surface area contributed by atoms with Gasteiger partial charge in [0.15, 0.2) is 0 Å². The van der Waals surface area contributed by atoms with Crippen molar-refractivity contribution in [3.05, 3.63) is 54.6 Å². The number of aromatic nitrogens is 4. The fourth-order valence-electron chi connectivity index (χ4n) is 3.58. The third kappa shape index (κ3) is 3.63. The predicted molar refractivity (Wildman–Crippen MR) is 119 cm³/mol. The molecule has 0 atom stereocenters. The van der Waals surface area contributed by atoms with E-state index in [0.29, 0.717) is 11.5 Å². The highest BCUT2D eigenvalue weighted by Gasteiger charge is 2.23. The molecule has 9 nitrogen and oxygen atoms in total. The maximum absolute atomic E-state index is 12.9. The average Bonchev–Trinajstić information content (AvgIpc) is 3.43. The number of carbonyl (C=O) groups is 1. The van der Waals surface area contributed by atoms with E-state index in [1.165, 1.54) is 19.1 Å². The zero-order chi connectivity index (χ0) is 22.8. The maximum atomic E-state index is 12.9. The van der Waals surface area contributed by atoms with Crippen LogP contribution in [0.2, 0.25) is 0 Å². The Labute approximate surface area is 185 Å². The van der Waals surface area contributed by atoms with E-state index in [1.54, 1.807) is 30.2 Å². The number of nitriles is 1. The van der Waals surface area contributed by atoms with Gasteiger partial charge >= 0.3 is 0 Å². The summed E-state index contributed by atoms with van der Waals surface area (Å²) in [5.41, 5.74) is 4.74. The van der Waals surface area contributed by atoms with Gasteiger partial charge < -0.3 is 14.4 Å². The lowest BCUT2D eigenvalue weighted by Gasteiger charge is -2.19. The molecular formula is C23H22N6O3. The quantitative estimate of drug-likeness (QED) is 0.436. The van der Waals surface area contributed by atoms with Crippen molar-refractivity contribution < 1.29 is 14.3 Å². The van der Waals surface area contributed by atoms with E-state index in [-0.39, 0.29) is 18.0 Å². The fourth-order valence-corrected chi connectivity index (χ4v) is 3.58. The molecule has 32 heavy (non-hydrogen) atoms. The molecular weight excluding hydrogens is 408 g/mol. The van der Waals surface area contributed by atoms with Crippen molar-refractivity contribution in [2.45, 2.75) is 0 Å². The molecule has 2 aromatic heterocycles. The van der Waals surface area contributed by atoms with Gasteiger partial charge in [-0.2, -0.15) is 10.4 Å². The lowest BCUT2D eigenvalue weighted by atomic mass is 10.1.